The van der Waals surface area contributed by atoms with Crippen LogP contribution in [0.1, 0.15) is 42.9 Å². The molecule has 1 atom stereocenters. The second-order valence-electron chi connectivity index (χ2n) is 7.54. The summed E-state index contributed by atoms with van der Waals surface area (Å²) in [6.45, 7) is 5.66. The van der Waals surface area contributed by atoms with Gasteiger partial charge in [-0.1, -0.05) is 31.2 Å². The van der Waals surface area contributed by atoms with Crippen molar-refractivity contribution in [3.05, 3.63) is 65.2 Å². The highest BCUT2D eigenvalue weighted by Crippen LogP contribution is 2.19. The highest BCUT2D eigenvalue weighted by molar-refractivity contribution is 5.90. The topological polar surface area (TPSA) is 56.1 Å². The molecule has 1 aliphatic heterocycles. The van der Waals surface area contributed by atoms with Gasteiger partial charge >= 0.3 is 0 Å². The first kappa shape index (κ1) is 19.1. The monoisotopic (exact) mass is 361 g/mol. The van der Waals surface area contributed by atoms with Gasteiger partial charge in [-0.15, -0.1) is 0 Å². The third-order valence-electron chi connectivity index (χ3n) is 5.11. The van der Waals surface area contributed by atoms with Gasteiger partial charge in [-0.25, -0.2) is 0 Å². The summed E-state index contributed by atoms with van der Waals surface area (Å²) >= 11 is 0. The van der Waals surface area contributed by atoms with Crippen LogP contribution in [-0.2, 0) is 17.8 Å². The third kappa shape index (κ3) is 5.94. The molecule has 0 spiro atoms. The number of anilines is 1. The summed E-state index contributed by atoms with van der Waals surface area (Å²) in [6.07, 6.45) is 3.72. The number of nitrogens with one attached hydrogen (secondary N) is 1. The van der Waals surface area contributed by atoms with Crippen molar-refractivity contribution < 1.29 is 4.79 Å². The van der Waals surface area contributed by atoms with E-state index in [1.54, 1.807) is 12.1 Å². The molecule has 140 valence electrons. The zero-order valence-corrected chi connectivity index (χ0v) is 15.9. The molecule has 4 heteroatoms. The van der Waals surface area contributed by atoms with Crippen LogP contribution in [0.3, 0.4) is 0 Å². The Bertz CT molecular complexity index is 790. The minimum Gasteiger partial charge on any atom is -0.326 e. The fourth-order valence-corrected chi connectivity index (χ4v) is 3.61. The van der Waals surface area contributed by atoms with Crippen molar-refractivity contribution in [2.75, 3.05) is 18.4 Å². The molecule has 1 N–H and O–H groups in total. The van der Waals surface area contributed by atoms with Crippen LogP contribution < -0.4 is 5.32 Å². The molecule has 2 aromatic carbocycles. The normalized spacial score (nSPS) is 17.3. The zero-order valence-electron chi connectivity index (χ0n) is 15.9. The highest BCUT2D eigenvalue weighted by Gasteiger charge is 2.16. The Balaban J connectivity index is 1.45. The van der Waals surface area contributed by atoms with E-state index < -0.39 is 0 Å². The number of nitriles is 1. The van der Waals surface area contributed by atoms with E-state index in [-0.39, 0.29) is 5.91 Å². The number of benzene rings is 2. The predicted molar refractivity (Wildman–Crippen MR) is 108 cm³/mol. The van der Waals surface area contributed by atoms with Gasteiger partial charge in [-0.2, -0.15) is 5.26 Å². The number of hydrogen-bond acceptors (Lipinski definition) is 3. The highest BCUT2D eigenvalue weighted by atomic mass is 16.1. The van der Waals surface area contributed by atoms with Gasteiger partial charge in [0.2, 0.25) is 5.91 Å². The van der Waals surface area contributed by atoms with Crippen molar-refractivity contribution in [3.63, 3.8) is 0 Å². The van der Waals surface area contributed by atoms with Crippen LogP contribution in [-0.4, -0.2) is 23.9 Å². The van der Waals surface area contributed by atoms with E-state index in [2.05, 4.69) is 35.3 Å². The third-order valence-corrected chi connectivity index (χ3v) is 5.11. The van der Waals surface area contributed by atoms with Gasteiger partial charge in [0.25, 0.3) is 0 Å². The fourth-order valence-electron chi connectivity index (χ4n) is 3.61. The molecule has 0 bridgehead atoms. The van der Waals surface area contributed by atoms with Gasteiger partial charge in [0.05, 0.1) is 11.6 Å². The molecule has 0 unspecified atom stereocenters. The Morgan fingerprint density at radius 1 is 1.15 bits per heavy atom. The van der Waals surface area contributed by atoms with E-state index in [0.29, 0.717) is 18.4 Å². The van der Waals surface area contributed by atoms with Crippen LogP contribution >= 0.6 is 0 Å². The molecule has 0 aliphatic carbocycles. The maximum absolute atomic E-state index is 12.2. The van der Waals surface area contributed by atoms with Crippen LogP contribution in [0.4, 0.5) is 5.69 Å². The van der Waals surface area contributed by atoms with Crippen LogP contribution in [0.15, 0.2) is 48.5 Å². The van der Waals surface area contributed by atoms with Crippen LogP contribution in [0.25, 0.3) is 0 Å². The first-order valence-electron chi connectivity index (χ1n) is 9.72. The van der Waals surface area contributed by atoms with Gasteiger partial charge in [0.1, 0.15) is 0 Å². The predicted octanol–water partition coefficient (Wildman–Crippen LogP) is 4.36. The lowest BCUT2D eigenvalue weighted by molar-refractivity contribution is -0.116. The van der Waals surface area contributed by atoms with E-state index in [9.17, 15) is 4.79 Å². The standard InChI is InChI=1S/C23H27N3O/c1-18-3-2-14-26(16-18)17-21-8-11-22(12-9-21)25-23(27)13-10-19-4-6-20(15-24)7-5-19/h4-9,11-12,18H,2-3,10,13-14,16-17H2,1H3,(H,25,27)/t18-/m1/s1. The number of nitrogens with zero attached hydrogens (tertiary/aromatic N) is 2. The van der Waals surface area contributed by atoms with E-state index in [4.69, 9.17) is 5.26 Å². The molecule has 1 aliphatic rings. The van der Waals surface area contributed by atoms with Crippen molar-refractivity contribution in [2.45, 2.75) is 39.2 Å². The number of likely N-dealkylation sites (tertiary alicyclic amines) is 1. The Labute approximate surface area is 161 Å². The van der Waals surface area contributed by atoms with Gasteiger partial charge in [-0.05, 0) is 67.1 Å². The molecule has 27 heavy (non-hydrogen) atoms. The average molecular weight is 361 g/mol. The molecule has 1 heterocycles. The van der Waals surface area contributed by atoms with E-state index in [0.717, 1.165) is 23.7 Å². The lowest BCUT2D eigenvalue weighted by atomic mass is 10.00. The summed E-state index contributed by atoms with van der Waals surface area (Å²) in [7, 11) is 0. The van der Waals surface area contributed by atoms with Crippen LogP contribution in [0.5, 0.6) is 0 Å². The molecule has 2 aromatic rings. The van der Waals surface area contributed by atoms with E-state index in [1.807, 2.05) is 24.3 Å². The first-order chi connectivity index (χ1) is 13.1. The smallest absolute Gasteiger partial charge is 0.224 e. The molecule has 0 saturated carbocycles. The molecule has 0 aromatic heterocycles. The number of aryl methyl sites for hydroxylation is 1. The Morgan fingerprint density at radius 2 is 1.85 bits per heavy atom. The summed E-state index contributed by atoms with van der Waals surface area (Å²) in [4.78, 5) is 14.7. The summed E-state index contributed by atoms with van der Waals surface area (Å²) < 4.78 is 0. The number of carbonyl (C=O) groups is 1. The van der Waals surface area contributed by atoms with Gasteiger partial charge in [0, 0.05) is 25.2 Å². The van der Waals surface area contributed by atoms with Crippen LogP contribution in [0.2, 0.25) is 0 Å². The average Bonchev–Trinajstić information content (AvgIpc) is 2.68. The Morgan fingerprint density at radius 3 is 2.52 bits per heavy atom. The van der Waals surface area contributed by atoms with Crippen molar-refractivity contribution in [2.24, 2.45) is 5.92 Å². The van der Waals surface area contributed by atoms with E-state index >= 15 is 0 Å². The largest absolute Gasteiger partial charge is 0.326 e. The summed E-state index contributed by atoms with van der Waals surface area (Å²) in [5.41, 5.74) is 3.84. The molecule has 1 saturated heterocycles. The quantitative estimate of drug-likeness (QED) is 0.831. The molecule has 1 amide bonds. The second kappa shape index (κ2) is 9.34. The molecular weight excluding hydrogens is 334 g/mol. The number of amides is 1. The summed E-state index contributed by atoms with van der Waals surface area (Å²) in [6, 6.07) is 17.7. The minimum absolute atomic E-state index is 0.0111. The lowest BCUT2D eigenvalue weighted by Crippen LogP contribution is -2.33. The number of carbonyl (C=O) groups excluding carboxylic acids is 1. The number of rotatable bonds is 6. The zero-order chi connectivity index (χ0) is 19.1. The van der Waals surface area contributed by atoms with Gasteiger partial charge < -0.3 is 5.32 Å². The summed E-state index contributed by atoms with van der Waals surface area (Å²) in [5, 5.41) is 11.8. The maximum Gasteiger partial charge on any atom is 0.224 e. The number of hydrogen-bond donors (Lipinski definition) is 1. The first-order valence-corrected chi connectivity index (χ1v) is 9.72. The SMILES string of the molecule is C[C@@H]1CCCN(Cc2ccc(NC(=O)CCc3ccc(C#N)cc3)cc2)C1. The molecule has 0 radical (unpaired) electrons. The van der Waals surface area contributed by atoms with Gasteiger partial charge in [-0.3, -0.25) is 9.69 Å². The fraction of sp³-hybridized carbons (Fsp3) is 0.391. The van der Waals surface area contributed by atoms with Crippen molar-refractivity contribution in [3.8, 4) is 6.07 Å². The minimum atomic E-state index is 0.0111. The maximum atomic E-state index is 12.2. The Kier molecular flexibility index (Phi) is 6.62. The van der Waals surface area contributed by atoms with Crippen LogP contribution in [0, 0.1) is 17.2 Å². The van der Waals surface area contributed by atoms with Crippen molar-refractivity contribution in [1.29, 1.82) is 5.26 Å². The van der Waals surface area contributed by atoms with Crippen molar-refractivity contribution >= 4 is 11.6 Å². The van der Waals surface area contributed by atoms with E-state index in [1.165, 1.54) is 31.5 Å². The second-order valence-corrected chi connectivity index (χ2v) is 7.54. The number of piperidine rings is 1. The Hall–Kier alpha value is -2.64. The molecule has 1 fully saturated rings. The van der Waals surface area contributed by atoms with Crippen molar-refractivity contribution in [1.82, 2.24) is 4.90 Å². The van der Waals surface area contributed by atoms with Gasteiger partial charge in [0.15, 0.2) is 0 Å². The summed E-state index contributed by atoms with van der Waals surface area (Å²) in [5.74, 6) is 0.797. The lowest BCUT2D eigenvalue weighted by Gasteiger charge is -2.30. The molecular formula is C23H27N3O. The molecule has 4 nitrogen and oxygen atoms in total. The molecule has 3 rings (SSSR count).